The molecule has 80 valence electrons. The van der Waals surface area contributed by atoms with Crippen LogP contribution in [0.5, 0.6) is 5.75 Å². The fourth-order valence-electron chi connectivity index (χ4n) is 2.11. The van der Waals surface area contributed by atoms with Crippen LogP contribution in [0.25, 0.3) is 10.9 Å². The molecule has 0 bridgehead atoms. The van der Waals surface area contributed by atoms with E-state index in [-0.39, 0.29) is 5.41 Å². The Hall–Kier alpha value is -1.88. The molecule has 1 aliphatic carbocycles. The third-order valence-corrected chi connectivity index (χ3v) is 3.37. The van der Waals surface area contributed by atoms with Crippen LogP contribution < -0.4 is 4.74 Å². The number of rotatable bonds is 2. The topological polar surface area (TPSA) is 25.0 Å². The molecular weight excluding hydrogens is 198 g/mol. The van der Waals surface area contributed by atoms with Crippen molar-refractivity contribution in [2.24, 2.45) is 0 Å². The molecule has 0 saturated heterocycles. The lowest BCUT2D eigenvalue weighted by Crippen LogP contribution is -2.01. The predicted octanol–water partition coefficient (Wildman–Crippen LogP) is 2.84. The van der Waals surface area contributed by atoms with Crippen molar-refractivity contribution < 1.29 is 4.74 Å². The van der Waals surface area contributed by atoms with Gasteiger partial charge in [0.15, 0.2) is 0 Å². The number of aromatic amines is 1. The molecule has 0 aliphatic heterocycles. The third kappa shape index (κ3) is 1.22. The Kier molecular flexibility index (Phi) is 1.79. The van der Waals surface area contributed by atoms with Gasteiger partial charge in [-0.3, -0.25) is 0 Å². The largest absolute Gasteiger partial charge is 0.497 e. The highest BCUT2D eigenvalue weighted by atomic mass is 16.5. The van der Waals surface area contributed by atoms with E-state index < -0.39 is 0 Å². The number of fused-ring (bicyclic) bond motifs is 1. The van der Waals surface area contributed by atoms with E-state index in [1.807, 2.05) is 12.1 Å². The van der Waals surface area contributed by atoms with Crippen LogP contribution in [0.2, 0.25) is 0 Å². The van der Waals surface area contributed by atoms with Crippen LogP contribution in [0, 0.1) is 12.3 Å². The molecule has 0 atom stereocenters. The molecule has 0 unspecified atom stereocenters. The number of ether oxygens (including phenoxy) is 1. The predicted molar refractivity (Wildman–Crippen MR) is 64.6 cm³/mol. The molecule has 1 fully saturated rings. The van der Waals surface area contributed by atoms with Crippen molar-refractivity contribution in [1.29, 1.82) is 0 Å². The van der Waals surface area contributed by atoms with E-state index in [0.29, 0.717) is 0 Å². The number of hydrogen-bond acceptors (Lipinski definition) is 1. The van der Waals surface area contributed by atoms with Crippen molar-refractivity contribution in [1.82, 2.24) is 4.98 Å². The van der Waals surface area contributed by atoms with E-state index in [1.165, 1.54) is 11.1 Å². The van der Waals surface area contributed by atoms with Gasteiger partial charge in [-0.25, -0.2) is 0 Å². The zero-order valence-corrected chi connectivity index (χ0v) is 9.21. The normalized spacial score (nSPS) is 17.0. The van der Waals surface area contributed by atoms with Crippen LogP contribution in [0.4, 0.5) is 0 Å². The fourth-order valence-corrected chi connectivity index (χ4v) is 2.11. The van der Waals surface area contributed by atoms with Gasteiger partial charge in [-0.1, -0.05) is 5.92 Å². The molecule has 1 N–H and O–H groups in total. The summed E-state index contributed by atoms with van der Waals surface area (Å²) >= 11 is 0. The van der Waals surface area contributed by atoms with Crippen LogP contribution in [-0.4, -0.2) is 12.1 Å². The summed E-state index contributed by atoms with van der Waals surface area (Å²) in [6, 6.07) is 8.18. The molecule has 1 aromatic carbocycles. The van der Waals surface area contributed by atoms with Crippen molar-refractivity contribution in [3.05, 3.63) is 30.0 Å². The summed E-state index contributed by atoms with van der Waals surface area (Å²) in [4.78, 5) is 3.40. The first-order chi connectivity index (χ1) is 7.77. The van der Waals surface area contributed by atoms with Gasteiger partial charge >= 0.3 is 0 Å². The Morgan fingerprint density at radius 3 is 2.81 bits per heavy atom. The number of benzene rings is 1. The molecule has 0 amide bonds. The highest BCUT2D eigenvalue weighted by molar-refractivity contribution is 5.82. The molecule has 3 rings (SSSR count). The highest BCUT2D eigenvalue weighted by Gasteiger charge is 2.43. The summed E-state index contributed by atoms with van der Waals surface area (Å²) in [6.07, 6.45) is 7.77. The molecule has 1 aliphatic rings. The lowest BCUT2D eigenvalue weighted by Gasteiger charge is -2.02. The standard InChI is InChI=1S/C14H13NO/c1-3-14(6-7-14)13-8-10-4-5-11(16-2)9-12(10)15-13/h1,4-5,8-9,15H,6-7H2,2H3. The molecule has 16 heavy (non-hydrogen) atoms. The molecular formula is C14H13NO. The van der Waals surface area contributed by atoms with Crippen molar-refractivity contribution in [3.63, 3.8) is 0 Å². The molecule has 2 aromatic rings. The summed E-state index contributed by atoms with van der Waals surface area (Å²) in [5, 5.41) is 1.19. The molecule has 1 heterocycles. The van der Waals surface area contributed by atoms with E-state index in [4.69, 9.17) is 11.2 Å². The Morgan fingerprint density at radius 1 is 1.38 bits per heavy atom. The quantitative estimate of drug-likeness (QED) is 0.759. The van der Waals surface area contributed by atoms with Crippen LogP contribution in [0.1, 0.15) is 18.5 Å². The van der Waals surface area contributed by atoms with Gasteiger partial charge in [-0.2, -0.15) is 0 Å². The minimum absolute atomic E-state index is 0.0216. The van der Waals surface area contributed by atoms with Crippen LogP contribution in [-0.2, 0) is 5.41 Å². The number of terminal acetylenes is 1. The number of hydrogen-bond donors (Lipinski definition) is 1. The molecule has 1 aromatic heterocycles. The maximum Gasteiger partial charge on any atom is 0.120 e. The summed E-state index contributed by atoms with van der Waals surface area (Å²) in [7, 11) is 1.68. The van der Waals surface area contributed by atoms with E-state index in [9.17, 15) is 0 Å². The molecule has 1 saturated carbocycles. The number of aromatic nitrogens is 1. The minimum Gasteiger partial charge on any atom is -0.497 e. The second kappa shape index (κ2) is 3.05. The van der Waals surface area contributed by atoms with E-state index in [1.54, 1.807) is 7.11 Å². The molecule has 2 nitrogen and oxygen atoms in total. The first kappa shape index (κ1) is 9.35. The first-order valence-electron chi connectivity index (χ1n) is 5.42. The number of methoxy groups -OCH3 is 1. The Labute approximate surface area is 94.6 Å². The van der Waals surface area contributed by atoms with Crippen molar-refractivity contribution >= 4 is 10.9 Å². The lowest BCUT2D eigenvalue weighted by molar-refractivity contribution is 0.415. The van der Waals surface area contributed by atoms with Crippen LogP contribution in [0.15, 0.2) is 24.3 Å². The molecule has 0 spiro atoms. The van der Waals surface area contributed by atoms with Gasteiger partial charge in [0.2, 0.25) is 0 Å². The van der Waals surface area contributed by atoms with Gasteiger partial charge in [-0.15, -0.1) is 6.42 Å². The number of H-pyrrole nitrogens is 1. The smallest absolute Gasteiger partial charge is 0.120 e. The van der Waals surface area contributed by atoms with E-state index >= 15 is 0 Å². The van der Waals surface area contributed by atoms with Gasteiger partial charge in [0.25, 0.3) is 0 Å². The van der Waals surface area contributed by atoms with Crippen LogP contribution in [0.3, 0.4) is 0 Å². The maximum atomic E-state index is 5.58. The highest BCUT2D eigenvalue weighted by Crippen LogP contribution is 2.47. The molecule has 0 radical (unpaired) electrons. The van der Waals surface area contributed by atoms with Gasteiger partial charge < -0.3 is 9.72 Å². The second-order valence-corrected chi connectivity index (χ2v) is 4.36. The zero-order valence-electron chi connectivity index (χ0n) is 9.21. The average molecular weight is 211 g/mol. The third-order valence-electron chi connectivity index (χ3n) is 3.37. The van der Waals surface area contributed by atoms with Crippen LogP contribution >= 0.6 is 0 Å². The SMILES string of the molecule is C#CC1(c2cc3ccc(OC)cc3[nH]2)CC1. The van der Waals surface area contributed by atoms with Gasteiger partial charge in [0.05, 0.1) is 12.5 Å². The summed E-state index contributed by atoms with van der Waals surface area (Å²) in [6.45, 7) is 0. The first-order valence-corrected chi connectivity index (χ1v) is 5.42. The Bertz CT molecular complexity index is 584. The summed E-state index contributed by atoms with van der Waals surface area (Å²) in [5.41, 5.74) is 2.24. The van der Waals surface area contributed by atoms with Gasteiger partial charge in [-0.05, 0) is 36.4 Å². The minimum atomic E-state index is -0.0216. The zero-order chi connectivity index (χ0) is 11.2. The summed E-state index contributed by atoms with van der Waals surface area (Å²) in [5.74, 6) is 3.76. The van der Waals surface area contributed by atoms with Crippen molar-refractivity contribution in [2.45, 2.75) is 18.3 Å². The fraction of sp³-hybridized carbons (Fsp3) is 0.286. The van der Waals surface area contributed by atoms with Gasteiger partial charge in [0.1, 0.15) is 5.75 Å². The number of nitrogens with one attached hydrogen (secondary N) is 1. The maximum absolute atomic E-state index is 5.58. The van der Waals surface area contributed by atoms with E-state index in [2.05, 4.69) is 23.0 Å². The average Bonchev–Trinajstić information content (AvgIpc) is 3.01. The monoisotopic (exact) mass is 211 g/mol. The summed E-state index contributed by atoms with van der Waals surface area (Å²) < 4.78 is 5.20. The lowest BCUT2D eigenvalue weighted by atomic mass is 10.0. The molecule has 2 heteroatoms. The Morgan fingerprint density at radius 2 is 2.19 bits per heavy atom. The van der Waals surface area contributed by atoms with Gasteiger partial charge in [0, 0.05) is 17.3 Å². The van der Waals surface area contributed by atoms with E-state index in [0.717, 1.165) is 24.1 Å². The Balaban J connectivity index is 2.13. The second-order valence-electron chi connectivity index (χ2n) is 4.36. The van der Waals surface area contributed by atoms with Crippen molar-refractivity contribution in [3.8, 4) is 18.1 Å². The van der Waals surface area contributed by atoms with Crippen molar-refractivity contribution in [2.75, 3.05) is 7.11 Å².